The molecule has 0 saturated carbocycles. The van der Waals surface area contributed by atoms with Crippen molar-refractivity contribution in [1.29, 1.82) is 0 Å². The highest BCUT2D eigenvalue weighted by atomic mass is 32.2. The second-order valence-corrected chi connectivity index (χ2v) is 9.55. The molecule has 31 heavy (non-hydrogen) atoms. The van der Waals surface area contributed by atoms with Crippen molar-refractivity contribution in [1.82, 2.24) is 0 Å². The molecule has 0 atom stereocenters. The summed E-state index contributed by atoms with van der Waals surface area (Å²) in [6.45, 7) is 5.74. The lowest BCUT2D eigenvalue weighted by Gasteiger charge is -2.32. The number of nitrogens with zero attached hydrogens (tertiary/aromatic N) is 1. The Morgan fingerprint density at radius 1 is 0.935 bits per heavy atom. The summed E-state index contributed by atoms with van der Waals surface area (Å²) in [4.78, 5) is 13.2. The van der Waals surface area contributed by atoms with Gasteiger partial charge >= 0.3 is 0 Å². The van der Waals surface area contributed by atoms with Crippen LogP contribution in [0.3, 0.4) is 0 Å². The first-order valence-electron chi connectivity index (χ1n) is 10.5. The van der Waals surface area contributed by atoms with Gasteiger partial charge in [-0.25, -0.2) is 8.42 Å². The Morgan fingerprint density at radius 2 is 1.71 bits per heavy atom. The first-order chi connectivity index (χ1) is 14.9. The number of nitrogens with one attached hydrogen (secondary N) is 1. The predicted molar refractivity (Wildman–Crippen MR) is 125 cm³/mol. The van der Waals surface area contributed by atoms with E-state index in [0.29, 0.717) is 11.3 Å². The summed E-state index contributed by atoms with van der Waals surface area (Å²) < 4.78 is 28.1. The second-order valence-electron chi connectivity index (χ2n) is 7.72. The molecule has 0 aliphatic carbocycles. The van der Waals surface area contributed by atoms with Gasteiger partial charge in [0.1, 0.15) is 6.54 Å². The van der Waals surface area contributed by atoms with E-state index in [-0.39, 0.29) is 17.3 Å². The van der Waals surface area contributed by atoms with Gasteiger partial charge in [0, 0.05) is 16.8 Å². The van der Waals surface area contributed by atoms with Gasteiger partial charge in [0.05, 0.1) is 10.6 Å². The van der Waals surface area contributed by atoms with Crippen molar-refractivity contribution in [2.24, 2.45) is 0 Å². The topological polar surface area (TPSA) is 66.5 Å². The molecule has 0 aromatic heterocycles. The van der Waals surface area contributed by atoms with Crippen LogP contribution in [0.5, 0.6) is 0 Å². The van der Waals surface area contributed by atoms with Crippen molar-refractivity contribution in [3.8, 4) is 11.1 Å². The Balaban J connectivity index is 1.75. The lowest BCUT2D eigenvalue weighted by Crippen LogP contribution is -2.40. The number of para-hydroxylation sites is 1. The zero-order valence-corrected chi connectivity index (χ0v) is 18.8. The van der Waals surface area contributed by atoms with Gasteiger partial charge in [-0.1, -0.05) is 56.3 Å². The van der Waals surface area contributed by atoms with Crippen LogP contribution in [0.1, 0.15) is 30.5 Å². The van der Waals surface area contributed by atoms with E-state index in [9.17, 15) is 13.2 Å². The van der Waals surface area contributed by atoms with Crippen molar-refractivity contribution in [3.63, 3.8) is 0 Å². The zero-order valence-electron chi connectivity index (χ0n) is 18.0. The molecule has 0 fully saturated rings. The van der Waals surface area contributed by atoms with Crippen LogP contribution in [0.25, 0.3) is 11.1 Å². The van der Waals surface area contributed by atoms with Crippen LogP contribution < -0.4 is 9.62 Å². The molecule has 1 amide bonds. The molecule has 1 aliphatic heterocycles. The van der Waals surface area contributed by atoms with E-state index in [0.717, 1.165) is 40.8 Å². The van der Waals surface area contributed by atoms with E-state index in [1.54, 1.807) is 18.2 Å². The van der Waals surface area contributed by atoms with Gasteiger partial charge in [-0.2, -0.15) is 0 Å². The first kappa shape index (κ1) is 21.1. The maximum Gasteiger partial charge on any atom is 0.265 e. The Hall–Kier alpha value is -3.12. The monoisotopic (exact) mass is 434 g/mol. The van der Waals surface area contributed by atoms with Gasteiger partial charge in [-0.3, -0.25) is 9.10 Å². The lowest BCUT2D eigenvalue weighted by molar-refractivity contribution is -0.114. The van der Waals surface area contributed by atoms with E-state index < -0.39 is 10.0 Å². The van der Waals surface area contributed by atoms with Gasteiger partial charge < -0.3 is 5.32 Å². The lowest BCUT2D eigenvalue weighted by atomic mass is 9.99. The molecule has 0 saturated heterocycles. The van der Waals surface area contributed by atoms with Crippen LogP contribution in [0, 0.1) is 6.92 Å². The fourth-order valence-electron chi connectivity index (χ4n) is 4.08. The van der Waals surface area contributed by atoms with E-state index in [2.05, 4.69) is 12.2 Å². The summed E-state index contributed by atoms with van der Waals surface area (Å²) in [5, 5.41) is 2.95. The molecule has 0 unspecified atom stereocenters. The molecule has 0 spiro atoms. The number of hydrogen-bond donors (Lipinski definition) is 1. The molecular weight excluding hydrogens is 408 g/mol. The van der Waals surface area contributed by atoms with Gasteiger partial charge in [0.15, 0.2) is 0 Å². The highest BCUT2D eigenvalue weighted by Gasteiger charge is 2.36. The van der Waals surface area contributed by atoms with Gasteiger partial charge in [0.2, 0.25) is 5.91 Å². The summed E-state index contributed by atoms with van der Waals surface area (Å²) >= 11 is 0. The van der Waals surface area contributed by atoms with Crippen molar-refractivity contribution >= 4 is 27.3 Å². The number of carbonyl (C=O) groups excluding carboxylic acids is 1. The molecule has 4 rings (SSSR count). The highest BCUT2D eigenvalue weighted by molar-refractivity contribution is 7.93. The molecule has 3 aromatic rings. The quantitative estimate of drug-likeness (QED) is 0.619. The number of rotatable bonds is 5. The average Bonchev–Trinajstić information content (AvgIpc) is 2.77. The highest BCUT2D eigenvalue weighted by Crippen LogP contribution is 2.43. The van der Waals surface area contributed by atoms with E-state index in [1.165, 1.54) is 4.31 Å². The van der Waals surface area contributed by atoms with E-state index in [1.807, 2.05) is 56.3 Å². The number of carbonyl (C=O) groups is 1. The molecule has 1 N–H and O–H groups in total. The number of amides is 1. The summed E-state index contributed by atoms with van der Waals surface area (Å²) in [6.07, 6.45) is 1.62. The summed E-state index contributed by atoms with van der Waals surface area (Å²) in [5.41, 5.74) is 5.89. The molecular formula is C25H26N2O3S. The number of benzene rings is 3. The van der Waals surface area contributed by atoms with Gasteiger partial charge in [0.25, 0.3) is 10.0 Å². The number of aryl methyl sites for hydroxylation is 3. The smallest absolute Gasteiger partial charge is 0.265 e. The van der Waals surface area contributed by atoms with Crippen LogP contribution in [-0.2, 0) is 27.7 Å². The molecule has 3 aromatic carbocycles. The summed E-state index contributed by atoms with van der Waals surface area (Å²) in [6, 6.07) is 18.6. The number of fused-ring (bicyclic) bond motifs is 3. The largest absolute Gasteiger partial charge is 0.324 e. The van der Waals surface area contributed by atoms with Gasteiger partial charge in [-0.05, 0) is 54.7 Å². The molecule has 5 nitrogen and oxygen atoms in total. The third-order valence-corrected chi connectivity index (χ3v) is 7.59. The first-order valence-corrected chi connectivity index (χ1v) is 11.9. The fraction of sp³-hybridized carbons (Fsp3) is 0.240. The standard InChI is InChI=1S/C25H26N2O3S/c1-4-18-13-14-22-21(15-18)20-11-6-7-12-23(20)31(29,30)27(22)16-24(28)26-25-17(3)9-8-10-19(25)5-2/h6-15H,4-5,16H2,1-3H3,(H,26,28). The van der Waals surface area contributed by atoms with Crippen molar-refractivity contribution < 1.29 is 13.2 Å². The molecule has 0 radical (unpaired) electrons. The number of sulfonamides is 1. The Bertz CT molecular complexity index is 1270. The van der Waals surface area contributed by atoms with Crippen molar-refractivity contribution in [3.05, 3.63) is 77.4 Å². The third kappa shape index (κ3) is 3.72. The van der Waals surface area contributed by atoms with Crippen LogP contribution >= 0.6 is 0 Å². The van der Waals surface area contributed by atoms with Crippen LogP contribution in [0.15, 0.2) is 65.6 Å². The SMILES string of the molecule is CCc1ccc2c(c1)-c1ccccc1S(=O)(=O)N2CC(=O)Nc1c(C)cccc1CC. The van der Waals surface area contributed by atoms with Crippen LogP contribution in [-0.4, -0.2) is 20.9 Å². The maximum atomic E-state index is 13.4. The number of hydrogen-bond acceptors (Lipinski definition) is 3. The predicted octanol–water partition coefficient (Wildman–Crippen LogP) is 4.93. The number of anilines is 2. The van der Waals surface area contributed by atoms with Crippen LogP contribution in [0.2, 0.25) is 0 Å². The minimum atomic E-state index is -3.86. The zero-order chi connectivity index (χ0) is 22.2. The third-order valence-electron chi connectivity index (χ3n) is 5.77. The van der Waals surface area contributed by atoms with Crippen LogP contribution in [0.4, 0.5) is 11.4 Å². The Labute approximate surface area is 183 Å². The average molecular weight is 435 g/mol. The molecule has 6 heteroatoms. The Kier molecular flexibility index (Phi) is 5.58. The fourth-order valence-corrected chi connectivity index (χ4v) is 5.73. The van der Waals surface area contributed by atoms with E-state index in [4.69, 9.17) is 0 Å². The molecule has 160 valence electrons. The summed E-state index contributed by atoms with van der Waals surface area (Å²) in [7, 11) is -3.86. The minimum Gasteiger partial charge on any atom is -0.324 e. The molecule has 1 aliphatic rings. The maximum absolute atomic E-state index is 13.4. The van der Waals surface area contributed by atoms with Gasteiger partial charge in [-0.15, -0.1) is 0 Å². The Morgan fingerprint density at radius 3 is 2.45 bits per heavy atom. The second kappa shape index (κ2) is 8.19. The normalized spacial score (nSPS) is 14.0. The van der Waals surface area contributed by atoms with Crippen molar-refractivity contribution in [2.45, 2.75) is 38.5 Å². The summed E-state index contributed by atoms with van der Waals surface area (Å²) in [5.74, 6) is -0.363. The molecule has 0 bridgehead atoms. The minimum absolute atomic E-state index is 0.230. The van der Waals surface area contributed by atoms with Crippen molar-refractivity contribution in [2.75, 3.05) is 16.2 Å². The molecule has 1 heterocycles. The van der Waals surface area contributed by atoms with E-state index >= 15 is 0 Å².